The second-order valence-corrected chi connectivity index (χ2v) is 3.70. The summed E-state index contributed by atoms with van der Waals surface area (Å²) in [6.07, 6.45) is 2.47. The number of ketones is 1. The van der Waals surface area contributed by atoms with Crippen LogP contribution in [0.3, 0.4) is 0 Å². The van der Waals surface area contributed by atoms with Crippen LogP contribution in [-0.2, 0) is 14.4 Å². The van der Waals surface area contributed by atoms with Gasteiger partial charge in [0.1, 0.15) is 5.78 Å². The van der Waals surface area contributed by atoms with Crippen LogP contribution in [0.1, 0.15) is 32.1 Å². The van der Waals surface area contributed by atoms with Crippen LogP contribution in [0.15, 0.2) is 0 Å². The third kappa shape index (κ3) is 3.69. The molecule has 1 unspecified atom stereocenters. The molecule has 0 spiro atoms. The number of carbonyl (C=O) groups excluding carboxylic acids is 2. The van der Waals surface area contributed by atoms with Crippen molar-refractivity contribution in [3.05, 3.63) is 0 Å². The minimum Gasteiger partial charge on any atom is -0.481 e. The summed E-state index contributed by atoms with van der Waals surface area (Å²) in [7, 11) is 0. The summed E-state index contributed by atoms with van der Waals surface area (Å²) < 4.78 is 0. The molecule has 1 saturated carbocycles. The first-order chi connectivity index (χ1) is 7.11. The van der Waals surface area contributed by atoms with Crippen LogP contribution in [0.5, 0.6) is 0 Å². The Bertz CT molecular complexity index is 275. The average molecular weight is 213 g/mol. The van der Waals surface area contributed by atoms with E-state index in [1.54, 1.807) is 0 Å². The maximum absolute atomic E-state index is 11.3. The van der Waals surface area contributed by atoms with Crippen LogP contribution in [0, 0.1) is 5.92 Å². The highest BCUT2D eigenvalue weighted by Gasteiger charge is 2.34. The maximum atomic E-state index is 11.3. The molecule has 0 aromatic heterocycles. The standard InChI is InChI=1S/C10H15NO4/c12-8-5-4-7(8)10(15)11-6-2-1-3-9(13)14/h7H,1-6H2,(H,11,15)(H,13,14). The number of Topliss-reactive ketones (excluding diaryl/α,β-unsaturated/α-hetero) is 1. The molecule has 1 amide bonds. The van der Waals surface area contributed by atoms with Gasteiger partial charge in [0, 0.05) is 19.4 Å². The first-order valence-electron chi connectivity index (χ1n) is 5.13. The van der Waals surface area contributed by atoms with Gasteiger partial charge in [0.15, 0.2) is 0 Å². The molecule has 1 atom stereocenters. The third-order valence-corrected chi connectivity index (χ3v) is 2.50. The van der Waals surface area contributed by atoms with Crippen molar-refractivity contribution in [3.8, 4) is 0 Å². The first-order valence-corrected chi connectivity index (χ1v) is 5.13. The van der Waals surface area contributed by atoms with Crippen LogP contribution in [-0.4, -0.2) is 29.3 Å². The Morgan fingerprint density at radius 2 is 2.13 bits per heavy atom. The van der Waals surface area contributed by atoms with E-state index in [0.29, 0.717) is 32.2 Å². The number of rotatable bonds is 6. The highest BCUT2D eigenvalue weighted by atomic mass is 16.4. The Hall–Kier alpha value is -1.39. The number of nitrogens with one attached hydrogen (secondary N) is 1. The van der Waals surface area contributed by atoms with Crippen molar-refractivity contribution >= 4 is 17.7 Å². The van der Waals surface area contributed by atoms with Gasteiger partial charge in [-0.3, -0.25) is 14.4 Å². The van der Waals surface area contributed by atoms with Crippen LogP contribution < -0.4 is 5.32 Å². The molecule has 1 aliphatic carbocycles. The molecule has 0 bridgehead atoms. The second-order valence-electron chi connectivity index (χ2n) is 3.70. The van der Waals surface area contributed by atoms with Crippen molar-refractivity contribution in [1.82, 2.24) is 5.32 Å². The van der Waals surface area contributed by atoms with Gasteiger partial charge >= 0.3 is 5.97 Å². The Kier molecular flexibility index (Phi) is 4.27. The van der Waals surface area contributed by atoms with Crippen LogP contribution in [0.25, 0.3) is 0 Å². The van der Waals surface area contributed by atoms with E-state index in [1.807, 2.05) is 0 Å². The Labute approximate surface area is 87.8 Å². The molecule has 0 aliphatic heterocycles. The zero-order valence-corrected chi connectivity index (χ0v) is 8.49. The number of carboxylic acids is 1. The molecule has 84 valence electrons. The van der Waals surface area contributed by atoms with Gasteiger partial charge in [-0.1, -0.05) is 0 Å². The first kappa shape index (κ1) is 11.7. The van der Waals surface area contributed by atoms with E-state index in [4.69, 9.17) is 5.11 Å². The van der Waals surface area contributed by atoms with Gasteiger partial charge in [-0.05, 0) is 19.3 Å². The van der Waals surface area contributed by atoms with Crippen molar-refractivity contribution in [1.29, 1.82) is 0 Å². The van der Waals surface area contributed by atoms with E-state index in [9.17, 15) is 14.4 Å². The molecule has 0 aromatic rings. The molecule has 1 aliphatic rings. The summed E-state index contributed by atoms with van der Waals surface area (Å²) in [5.41, 5.74) is 0. The number of amides is 1. The number of carbonyl (C=O) groups is 3. The summed E-state index contributed by atoms with van der Waals surface area (Å²) >= 11 is 0. The number of hydrogen-bond donors (Lipinski definition) is 2. The zero-order chi connectivity index (χ0) is 11.3. The molecule has 0 heterocycles. The molecule has 0 radical (unpaired) electrons. The van der Waals surface area contributed by atoms with Gasteiger partial charge in [0.25, 0.3) is 0 Å². The molecule has 2 N–H and O–H groups in total. The molecular formula is C10H15NO4. The number of unbranched alkanes of at least 4 members (excludes halogenated alkanes) is 1. The Morgan fingerprint density at radius 3 is 2.60 bits per heavy atom. The van der Waals surface area contributed by atoms with Gasteiger partial charge in [0.05, 0.1) is 5.92 Å². The molecule has 5 nitrogen and oxygen atoms in total. The summed E-state index contributed by atoms with van der Waals surface area (Å²) in [5, 5.41) is 11.0. The van der Waals surface area contributed by atoms with E-state index in [1.165, 1.54) is 0 Å². The second kappa shape index (κ2) is 5.48. The molecule has 0 aromatic carbocycles. The summed E-state index contributed by atoms with van der Waals surface area (Å²) in [6, 6.07) is 0. The fourth-order valence-corrected chi connectivity index (χ4v) is 1.42. The quantitative estimate of drug-likeness (QED) is 0.492. The summed E-state index contributed by atoms with van der Waals surface area (Å²) in [6.45, 7) is 0.454. The minimum atomic E-state index is -0.824. The van der Waals surface area contributed by atoms with Gasteiger partial charge < -0.3 is 10.4 Å². The Morgan fingerprint density at radius 1 is 1.40 bits per heavy atom. The van der Waals surface area contributed by atoms with Crippen molar-refractivity contribution < 1.29 is 19.5 Å². The third-order valence-electron chi connectivity index (χ3n) is 2.50. The van der Waals surface area contributed by atoms with E-state index in [0.717, 1.165) is 0 Å². The maximum Gasteiger partial charge on any atom is 0.303 e. The van der Waals surface area contributed by atoms with Crippen molar-refractivity contribution in [2.24, 2.45) is 5.92 Å². The van der Waals surface area contributed by atoms with Crippen LogP contribution >= 0.6 is 0 Å². The number of hydrogen-bond acceptors (Lipinski definition) is 3. The van der Waals surface area contributed by atoms with E-state index in [2.05, 4.69) is 5.32 Å². The Balaban J connectivity index is 2.02. The van der Waals surface area contributed by atoms with Crippen molar-refractivity contribution in [2.75, 3.05) is 6.54 Å². The SMILES string of the molecule is O=C(O)CCCCNC(=O)C1CCC1=O. The highest BCUT2D eigenvalue weighted by Crippen LogP contribution is 2.21. The van der Waals surface area contributed by atoms with Gasteiger partial charge in [-0.25, -0.2) is 0 Å². The normalized spacial score (nSPS) is 19.5. The monoisotopic (exact) mass is 213 g/mol. The van der Waals surface area contributed by atoms with Gasteiger partial charge in [-0.15, -0.1) is 0 Å². The van der Waals surface area contributed by atoms with Crippen molar-refractivity contribution in [2.45, 2.75) is 32.1 Å². The largest absolute Gasteiger partial charge is 0.481 e. The number of aliphatic carboxylic acids is 1. The smallest absolute Gasteiger partial charge is 0.303 e. The predicted octanol–water partition coefficient (Wildman–Crippen LogP) is 0.337. The van der Waals surface area contributed by atoms with E-state index < -0.39 is 11.9 Å². The lowest BCUT2D eigenvalue weighted by Crippen LogP contribution is -2.41. The lowest BCUT2D eigenvalue weighted by atomic mass is 9.83. The highest BCUT2D eigenvalue weighted by molar-refractivity contribution is 6.05. The lowest BCUT2D eigenvalue weighted by molar-refractivity contribution is -0.140. The average Bonchev–Trinajstić information content (AvgIpc) is 2.14. The summed E-state index contributed by atoms with van der Waals surface area (Å²) in [4.78, 5) is 32.4. The molecule has 15 heavy (non-hydrogen) atoms. The molecule has 1 rings (SSSR count). The van der Waals surface area contributed by atoms with Crippen molar-refractivity contribution in [3.63, 3.8) is 0 Å². The van der Waals surface area contributed by atoms with E-state index >= 15 is 0 Å². The van der Waals surface area contributed by atoms with E-state index in [-0.39, 0.29) is 18.1 Å². The minimum absolute atomic E-state index is 0.0121. The number of carboxylic acid groups (broad SMARTS) is 1. The topological polar surface area (TPSA) is 83.5 Å². The predicted molar refractivity (Wildman–Crippen MR) is 52.2 cm³/mol. The van der Waals surface area contributed by atoms with Gasteiger partial charge in [-0.2, -0.15) is 0 Å². The molecular weight excluding hydrogens is 198 g/mol. The fraction of sp³-hybridized carbons (Fsp3) is 0.700. The molecule has 0 saturated heterocycles. The summed E-state index contributed by atoms with van der Waals surface area (Å²) in [5.74, 6) is -1.46. The lowest BCUT2D eigenvalue weighted by Gasteiger charge is -2.22. The van der Waals surface area contributed by atoms with Crippen LogP contribution in [0.2, 0.25) is 0 Å². The van der Waals surface area contributed by atoms with Crippen LogP contribution in [0.4, 0.5) is 0 Å². The van der Waals surface area contributed by atoms with Gasteiger partial charge in [0.2, 0.25) is 5.91 Å². The fourth-order valence-electron chi connectivity index (χ4n) is 1.42. The zero-order valence-electron chi connectivity index (χ0n) is 8.49. The molecule has 5 heteroatoms. The molecule has 1 fully saturated rings.